The molecule has 1 N–H and O–H groups in total. The molecular weight excluding hydrogens is 374 g/mol. The molecule has 1 aliphatic heterocycles. The van der Waals surface area contributed by atoms with Crippen molar-refractivity contribution in [3.63, 3.8) is 0 Å². The summed E-state index contributed by atoms with van der Waals surface area (Å²) in [5.41, 5.74) is 2.62. The quantitative estimate of drug-likeness (QED) is 0.750. The fourth-order valence-electron chi connectivity index (χ4n) is 3.93. The third-order valence-electron chi connectivity index (χ3n) is 5.34. The number of hydrogen-bond acceptors (Lipinski definition) is 6. The molecule has 0 bridgehead atoms. The molecule has 2 heterocycles. The van der Waals surface area contributed by atoms with Crippen LogP contribution in [0.2, 0.25) is 0 Å². The first kappa shape index (κ1) is 19.3. The number of hydrogen-bond donors (Lipinski definition) is 1. The van der Waals surface area contributed by atoms with Crippen LogP contribution in [0.3, 0.4) is 0 Å². The van der Waals surface area contributed by atoms with Crippen LogP contribution < -0.4 is 10.2 Å². The fourth-order valence-corrected chi connectivity index (χ4v) is 4.74. The molecular formula is C20H27N5O2S. The maximum absolute atomic E-state index is 12.6. The molecule has 0 saturated carbocycles. The van der Waals surface area contributed by atoms with Gasteiger partial charge in [0.05, 0.1) is 25.0 Å². The Bertz CT molecular complexity index is 819. The third-order valence-corrected chi connectivity index (χ3v) is 6.31. The summed E-state index contributed by atoms with van der Waals surface area (Å²) in [5.74, 6) is 1.26. The van der Waals surface area contributed by atoms with Crippen LogP contribution in [0.1, 0.15) is 36.9 Å². The molecule has 0 radical (unpaired) electrons. The van der Waals surface area contributed by atoms with Gasteiger partial charge in [0.2, 0.25) is 11.9 Å². The van der Waals surface area contributed by atoms with Crippen LogP contribution in [0.25, 0.3) is 0 Å². The third kappa shape index (κ3) is 4.17. The maximum atomic E-state index is 12.6. The van der Waals surface area contributed by atoms with Gasteiger partial charge in [-0.3, -0.25) is 9.36 Å². The van der Waals surface area contributed by atoms with Crippen molar-refractivity contribution < 1.29 is 9.53 Å². The number of morpholine rings is 1. The van der Waals surface area contributed by atoms with Gasteiger partial charge < -0.3 is 15.0 Å². The molecule has 0 spiro atoms. The van der Waals surface area contributed by atoms with Crippen LogP contribution in [-0.2, 0) is 22.5 Å². The lowest BCUT2D eigenvalue weighted by molar-refractivity contribution is -0.119. The molecule has 28 heavy (non-hydrogen) atoms. The molecule has 7 nitrogen and oxygen atoms in total. The zero-order valence-electron chi connectivity index (χ0n) is 16.3. The van der Waals surface area contributed by atoms with Gasteiger partial charge in [0.15, 0.2) is 5.16 Å². The number of ether oxygens (including phenoxy) is 1. The van der Waals surface area contributed by atoms with Gasteiger partial charge in [-0.25, -0.2) is 0 Å². The summed E-state index contributed by atoms with van der Waals surface area (Å²) in [4.78, 5) is 14.8. The smallest absolute Gasteiger partial charge is 0.230 e. The van der Waals surface area contributed by atoms with Crippen molar-refractivity contribution in [2.24, 2.45) is 0 Å². The number of amides is 1. The van der Waals surface area contributed by atoms with E-state index in [0.717, 1.165) is 50.0 Å². The number of aromatic nitrogens is 3. The summed E-state index contributed by atoms with van der Waals surface area (Å²) in [6, 6.07) is 8.54. The highest BCUT2D eigenvalue weighted by molar-refractivity contribution is 7.99. The van der Waals surface area contributed by atoms with Crippen LogP contribution in [0.4, 0.5) is 5.95 Å². The average molecular weight is 402 g/mol. The van der Waals surface area contributed by atoms with Gasteiger partial charge in [-0.1, -0.05) is 36.0 Å². The lowest BCUT2D eigenvalue weighted by atomic mass is 9.88. The summed E-state index contributed by atoms with van der Waals surface area (Å²) in [6.45, 7) is 5.93. The number of benzene rings is 1. The van der Waals surface area contributed by atoms with Crippen LogP contribution >= 0.6 is 11.8 Å². The van der Waals surface area contributed by atoms with Crippen LogP contribution in [0.5, 0.6) is 0 Å². The predicted molar refractivity (Wildman–Crippen MR) is 110 cm³/mol. The van der Waals surface area contributed by atoms with Crippen LogP contribution in [0, 0.1) is 0 Å². The number of rotatable bonds is 6. The van der Waals surface area contributed by atoms with E-state index in [1.54, 1.807) is 0 Å². The number of nitrogens with zero attached hydrogens (tertiary/aromatic N) is 4. The summed E-state index contributed by atoms with van der Waals surface area (Å²) < 4.78 is 7.50. The maximum Gasteiger partial charge on any atom is 0.230 e. The Hall–Kier alpha value is -2.06. The molecule has 4 rings (SSSR count). The van der Waals surface area contributed by atoms with Gasteiger partial charge in [0.25, 0.3) is 0 Å². The molecule has 1 amide bonds. The molecule has 1 aromatic heterocycles. The topological polar surface area (TPSA) is 72.3 Å². The van der Waals surface area contributed by atoms with Gasteiger partial charge in [-0.2, -0.15) is 0 Å². The fraction of sp³-hybridized carbons (Fsp3) is 0.550. The molecule has 2 aliphatic rings. The highest BCUT2D eigenvalue weighted by Crippen LogP contribution is 2.30. The number of carbonyl (C=O) groups excluding carboxylic acids is 1. The van der Waals surface area contributed by atoms with E-state index in [0.29, 0.717) is 19.0 Å². The number of fused-ring (bicyclic) bond motifs is 1. The van der Waals surface area contributed by atoms with Gasteiger partial charge in [0, 0.05) is 19.6 Å². The summed E-state index contributed by atoms with van der Waals surface area (Å²) in [5, 5.41) is 12.7. The monoisotopic (exact) mass is 401 g/mol. The minimum atomic E-state index is 0.0466. The van der Waals surface area contributed by atoms with E-state index in [2.05, 4.69) is 56.2 Å². The summed E-state index contributed by atoms with van der Waals surface area (Å²) in [6.07, 6.45) is 3.21. The van der Waals surface area contributed by atoms with Crippen molar-refractivity contribution in [1.82, 2.24) is 20.1 Å². The number of nitrogens with one attached hydrogen (secondary N) is 1. The lowest BCUT2D eigenvalue weighted by Gasteiger charge is -2.27. The van der Waals surface area contributed by atoms with Crippen molar-refractivity contribution in [3.8, 4) is 0 Å². The van der Waals surface area contributed by atoms with E-state index in [-0.39, 0.29) is 11.9 Å². The van der Waals surface area contributed by atoms with Gasteiger partial charge >= 0.3 is 0 Å². The zero-order valence-corrected chi connectivity index (χ0v) is 17.1. The minimum absolute atomic E-state index is 0.0466. The van der Waals surface area contributed by atoms with Crippen molar-refractivity contribution in [3.05, 3.63) is 35.4 Å². The minimum Gasteiger partial charge on any atom is -0.378 e. The molecule has 150 valence electrons. The Morgan fingerprint density at radius 3 is 2.93 bits per heavy atom. The SMILES string of the molecule is CCn1c(SCC(=O)N[C@H]2CCCc3ccccc32)nnc1N1CCOCC1. The zero-order chi connectivity index (χ0) is 19.3. The molecule has 1 aliphatic carbocycles. The normalized spacial score (nSPS) is 19.3. The molecule has 8 heteroatoms. The first-order valence-corrected chi connectivity index (χ1v) is 11.0. The molecule has 1 saturated heterocycles. The molecule has 1 atom stereocenters. The van der Waals surface area contributed by atoms with E-state index in [9.17, 15) is 4.79 Å². The van der Waals surface area contributed by atoms with E-state index >= 15 is 0 Å². The van der Waals surface area contributed by atoms with Crippen LogP contribution in [0.15, 0.2) is 29.4 Å². The molecule has 1 aromatic carbocycles. The van der Waals surface area contributed by atoms with Gasteiger partial charge in [0.1, 0.15) is 0 Å². The number of anilines is 1. The Kier molecular flexibility index (Phi) is 6.17. The molecule has 0 unspecified atom stereocenters. The Morgan fingerprint density at radius 2 is 2.11 bits per heavy atom. The van der Waals surface area contributed by atoms with Crippen molar-refractivity contribution in [2.75, 3.05) is 37.0 Å². The molecule has 2 aromatic rings. The van der Waals surface area contributed by atoms with Crippen molar-refractivity contribution in [1.29, 1.82) is 0 Å². The lowest BCUT2D eigenvalue weighted by Crippen LogP contribution is -2.38. The average Bonchev–Trinajstić information content (AvgIpc) is 3.16. The van der Waals surface area contributed by atoms with Crippen molar-refractivity contribution >= 4 is 23.6 Å². The van der Waals surface area contributed by atoms with E-state index in [4.69, 9.17) is 4.74 Å². The van der Waals surface area contributed by atoms with Gasteiger partial charge in [-0.15, -0.1) is 10.2 Å². The van der Waals surface area contributed by atoms with Gasteiger partial charge in [-0.05, 0) is 37.3 Å². The van der Waals surface area contributed by atoms with E-state index < -0.39 is 0 Å². The first-order chi connectivity index (χ1) is 13.8. The number of aryl methyl sites for hydroxylation is 1. The second-order valence-corrected chi connectivity index (χ2v) is 8.07. The molecule has 1 fully saturated rings. The Balaban J connectivity index is 1.37. The highest BCUT2D eigenvalue weighted by Gasteiger charge is 2.23. The second-order valence-electron chi connectivity index (χ2n) is 7.13. The van der Waals surface area contributed by atoms with E-state index in [1.165, 1.54) is 22.9 Å². The largest absolute Gasteiger partial charge is 0.378 e. The first-order valence-electron chi connectivity index (χ1n) is 10.0. The summed E-state index contributed by atoms with van der Waals surface area (Å²) in [7, 11) is 0. The van der Waals surface area contributed by atoms with Crippen molar-refractivity contribution in [2.45, 2.75) is 43.9 Å². The second kappa shape index (κ2) is 8.96. The summed E-state index contributed by atoms with van der Waals surface area (Å²) >= 11 is 1.45. The number of carbonyl (C=O) groups is 1. The Labute approximate surface area is 169 Å². The predicted octanol–water partition coefficient (Wildman–Crippen LogP) is 2.42. The Morgan fingerprint density at radius 1 is 1.29 bits per heavy atom. The number of thioether (sulfide) groups is 1. The highest BCUT2D eigenvalue weighted by atomic mass is 32.2. The van der Waals surface area contributed by atoms with Crippen LogP contribution in [-0.4, -0.2) is 52.7 Å². The van der Waals surface area contributed by atoms with E-state index in [1.807, 2.05) is 0 Å². The standard InChI is InChI=1S/C20H27N5O2S/c1-2-25-19(24-10-12-27-13-11-24)22-23-20(25)28-14-18(26)21-17-9-5-7-15-6-3-4-8-16(15)17/h3-4,6,8,17H,2,5,7,9-14H2,1H3,(H,21,26)/t17-/m0/s1.